The van der Waals surface area contributed by atoms with Crippen LogP contribution < -0.4 is 5.32 Å². The topological polar surface area (TPSA) is 35.5 Å². The summed E-state index contributed by atoms with van der Waals surface area (Å²) in [4.78, 5) is 2.00. The Balaban J connectivity index is 2.27. The number of hydrogen-bond donors (Lipinski definition) is 2. The largest absolute Gasteiger partial charge is 0.506 e. The molecular weight excluding hydrogens is 318 g/mol. The number of alkyl halides is 2. The van der Waals surface area contributed by atoms with Gasteiger partial charge in [-0.15, -0.1) is 0 Å². The number of aromatic hydroxyl groups is 1. The van der Waals surface area contributed by atoms with Gasteiger partial charge in [0.05, 0.1) is 4.47 Å². The molecule has 2 rings (SSSR count). The number of nitrogens with one attached hydrogen (secondary N) is 1. The number of hydrogen-bond acceptors (Lipinski definition) is 3. The molecule has 1 fully saturated rings. The molecule has 0 saturated carbocycles. The van der Waals surface area contributed by atoms with Gasteiger partial charge in [-0.05, 0) is 22.0 Å². The summed E-state index contributed by atoms with van der Waals surface area (Å²) >= 11 is 3.24. The standard InChI is InChI=1S/C13H17BrF2N2O/c14-10-3-1-2-9(13(10)19)11(8-12(15)16)18-6-4-17-5-7-18/h1-3,11-12,17,19H,4-8H2/t11-/m1/s1. The first kappa shape index (κ1) is 14.7. The zero-order chi connectivity index (χ0) is 13.8. The van der Waals surface area contributed by atoms with Crippen LogP contribution in [0, 0.1) is 0 Å². The van der Waals surface area contributed by atoms with Gasteiger partial charge in [-0.25, -0.2) is 8.78 Å². The summed E-state index contributed by atoms with van der Waals surface area (Å²) in [7, 11) is 0. The Morgan fingerprint density at radius 1 is 1.32 bits per heavy atom. The second-order valence-corrected chi connectivity index (χ2v) is 5.46. The maximum Gasteiger partial charge on any atom is 0.240 e. The van der Waals surface area contributed by atoms with Crippen molar-refractivity contribution in [2.45, 2.75) is 18.9 Å². The number of para-hydroxylation sites is 1. The number of halogens is 3. The third kappa shape index (κ3) is 3.64. The molecule has 0 amide bonds. The SMILES string of the molecule is Oc1c(Br)cccc1[C@@H](CC(F)F)N1CCNCC1. The second-order valence-electron chi connectivity index (χ2n) is 4.61. The summed E-state index contributed by atoms with van der Waals surface area (Å²) in [5.74, 6) is 0.0617. The third-order valence-corrected chi connectivity index (χ3v) is 4.01. The molecule has 0 unspecified atom stereocenters. The third-order valence-electron chi connectivity index (χ3n) is 3.37. The van der Waals surface area contributed by atoms with Crippen LogP contribution in [0.4, 0.5) is 8.78 Å². The Morgan fingerprint density at radius 2 is 2.00 bits per heavy atom. The van der Waals surface area contributed by atoms with E-state index in [1.807, 2.05) is 4.90 Å². The number of nitrogens with zero attached hydrogens (tertiary/aromatic N) is 1. The lowest BCUT2D eigenvalue weighted by molar-refractivity contribution is 0.0729. The molecule has 0 radical (unpaired) electrons. The van der Waals surface area contributed by atoms with E-state index in [-0.39, 0.29) is 12.2 Å². The van der Waals surface area contributed by atoms with E-state index < -0.39 is 12.5 Å². The number of piperazine rings is 1. The molecule has 3 nitrogen and oxygen atoms in total. The van der Waals surface area contributed by atoms with Gasteiger partial charge in [0, 0.05) is 44.2 Å². The zero-order valence-electron chi connectivity index (χ0n) is 10.5. The predicted molar refractivity (Wildman–Crippen MR) is 73.6 cm³/mol. The molecular formula is C13H17BrF2N2O. The van der Waals surface area contributed by atoms with Crippen molar-refractivity contribution in [1.29, 1.82) is 0 Å². The highest BCUT2D eigenvalue weighted by Crippen LogP contribution is 2.37. The molecule has 1 aromatic carbocycles. The van der Waals surface area contributed by atoms with E-state index in [0.717, 1.165) is 13.1 Å². The van der Waals surface area contributed by atoms with Crippen LogP contribution in [0.3, 0.4) is 0 Å². The average Bonchev–Trinajstić information content (AvgIpc) is 2.40. The van der Waals surface area contributed by atoms with Crippen molar-refractivity contribution >= 4 is 15.9 Å². The van der Waals surface area contributed by atoms with Gasteiger partial charge in [0.1, 0.15) is 5.75 Å². The van der Waals surface area contributed by atoms with Crippen LogP contribution >= 0.6 is 15.9 Å². The summed E-state index contributed by atoms with van der Waals surface area (Å²) in [6, 6.07) is 4.74. The van der Waals surface area contributed by atoms with Gasteiger partial charge < -0.3 is 10.4 Å². The first-order chi connectivity index (χ1) is 9.09. The number of phenols is 1. The van der Waals surface area contributed by atoms with E-state index in [2.05, 4.69) is 21.2 Å². The molecule has 106 valence electrons. The van der Waals surface area contributed by atoms with Crippen molar-refractivity contribution in [3.63, 3.8) is 0 Å². The Hall–Kier alpha value is -0.720. The second kappa shape index (κ2) is 6.63. The van der Waals surface area contributed by atoms with E-state index in [1.54, 1.807) is 18.2 Å². The van der Waals surface area contributed by atoms with Gasteiger partial charge in [0.2, 0.25) is 6.43 Å². The van der Waals surface area contributed by atoms with Gasteiger partial charge in [-0.1, -0.05) is 12.1 Å². The summed E-state index contributed by atoms with van der Waals surface area (Å²) in [5, 5.41) is 13.3. The van der Waals surface area contributed by atoms with E-state index >= 15 is 0 Å². The Bertz CT molecular complexity index is 425. The maximum atomic E-state index is 12.8. The van der Waals surface area contributed by atoms with Crippen LogP contribution in [-0.2, 0) is 0 Å². The lowest BCUT2D eigenvalue weighted by atomic mass is 10.0. The molecule has 0 bridgehead atoms. The fourth-order valence-corrected chi connectivity index (χ4v) is 2.82. The molecule has 0 aromatic heterocycles. The Labute approximate surface area is 119 Å². The Morgan fingerprint density at radius 3 is 2.63 bits per heavy atom. The average molecular weight is 335 g/mol. The fraction of sp³-hybridized carbons (Fsp3) is 0.538. The highest BCUT2D eigenvalue weighted by atomic mass is 79.9. The highest BCUT2D eigenvalue weighted by Gasteiger charge is 2.27. The number of rotatable bonds is 4. The molecule has 1 aliphatic heterocycles. The van der Waals surface area contributed by atoms with Gasteiger partial charge in [-0.2, -0.15) is 0 Å². The first-order valence-electron chi connectivity index (χ1n) is 6.30. The lowest BCUT2D eigenvalue weighted by Crippen LogP contribution is -2.45. The quantitative estimate of drug-likeness (QED) is 0.888. The van der Waals surface area contributed by atoms with Crippen molar-refractivity contribution < 1.29 is 13.9 Å². The molecule has 0 aliphatic carbocycles. The van der Waals surface area contributed by atoms with E-state index in [1.165, 1.54) is 0 Å². The van der Waals surface area contributed by atoms with E-state index in [9.17, 15) is 13.9 Å². The van der Waals surface area contributed by atoms with Gasteiger partial charge >= 0.3 is 0 Å². The van der Waals surface area contributed by atoms with E-state index in [4.69, 9.17) is 0 Å². The van der Waals surface area contributed by atoms with Crippen LogP contribution in [0.2, 0.25) is 0 Å². The minimum Gasteiger partial charge on any atom is -0.506 e. The van der Waals surface area contributed by atoms with E-state index in [0.29, 0.717) is 23.1 Å². The van der Waals surface area contributed by atoms with Crippen molar-refractivity contribution in [2.24, 2.45) is 0 Å². The summed E-state index contributed by atoms with van der Waals surface area (Å²) in [5.41, 5.74) is 0.566. The van der Waals surface area contributed by atoms with Crippen molar-refractivity contribution in [2.75, 3.05) is 26.2 Å². The molecule has 1 saturated heterocycles. The molecule has 1 aromatic rings. The Kier molecular flexibility index (Phi) is 5.13. The van der Waals surface area contributed by atoms with Crippen molar-refractivity contribution in [3.8, 4) is 5.75 Å². The van der Waals surface area contributed by atoms with Crippen LogP contribution in [-0.4, -0.2) is 42.6 Å². The molecule has 1 atom stereocenters. The van der Waals surface area contributed by atoms with Gasteiger partial charge in [-0.3, -0.25) is 4.90 Å². The normalized spacial score (nSPS) is 18.7. The predicted octanol–water partition coefficient (Wildman–Crippen LogP) is 2.76. The highest BCUT2D eigenvalue weighted by molar-refractivity contribution is 9.10. The van der Waals surface area contributed by atoms with Crippen LogP contribution in [0.25, 0.3) is 0 Å². The molecule has 1 aliphatic rings. The number of phenolic OH excluding ortho intramolecular Hbond substituents is 1. The monoisotopic (exact) mass is 334 g/mol. The zero-order valence-corrected chi connectivity index (χ0v) is 12.0. The summed E-state index contributed by atoms with van der Waals surface area (Å²) in [6.45, 7) is 3.00. The van der Waals surface area contributed by atoms with Gasteiger partial charge in [0.25, 0.3) is 0 Å². The smallest absolute Gasteiger partial charge is 0.240 e. The van der Waals surface area contributed by atoms with Gasteiger partial charge in [0.15, 0.2) is 0 Å². The molecule has 1 heterocycles. The fourth-order valence-electron chi connectivity index (χ4n) is 2.44. The lowest BCUT2D eigenvalue weighted by Gasteiger charge is -2.35. The maximum absolute atomic E-state index is 12.8. The van der Waals surface area contributed by atoms with Crippen molar-refractivity contribution in [1.82, 2.24) is 10.2 Å². The molecule has 2 N–H and O–H groups in total. The minimum atomic E-state index is -2.39. The molecule has 19 heavy (non-hydrogen) atoms. The number of benzene rings is 1. The van der Waals surface area contributed by atoms with Crippen LogP contribution in [0.1, 0.15) is 18.0 Å². The minimum absolute atomic E-state index is 0.0617. The van der Waals surface area contributed by atoms with Crippen molar-refractivity contribution in [3.05, 3.63) is 28.2 Å². The van der Waals surface area contributed by atoms with Crippen LogP contribution in [0.15, 0.2) is 22.7 Å². The summed E-state index contributed by atoms with van der Waals surface area (Å²) < 4.78 is 26.2. The summed E-state index contributed by atoms with van der Waals surface area (Å²) in [6.07, 6.45) is -2.65. The van der Waals surface area contributed by atoms with Crippen LogP contribution in [0.5, 0.6) is 5.75 Å². The molecule has 6 heteroatoms. The molecule has 0 spiro atoms. The first-order valence-corrected chi connectivity index (χ1v) is 7.09.